The van der Waals surface area contributed by atoms with E-state index in [0.29, 0.717) is 18.2 Å². The average molecular weight is 394 g/mol. The second kappa shape index (κ2) is 8.55. The highest BCUT2D eigenvalue weighted by molar-refractivity contribution is 5.85. The maximum absolute atomic E-state index is 14.0. The van der Waals surface area contributed by atoms with Crippen molar-refractivity contribution in [2.75, 3.05) is 14.2 Å². The third-order valence-corrected chi connectivity index (χ3v) is 3.37. The predicted molar refractivity (Wildman–Crippen MR) is 88.0 cm³/mol. The number of carbonyl (C=O) groups is 2. The highest BCUT2D eigenvalue weighted by Gasteiger charge is 2.33. The molecule has 0 aliphatic heterocycles. The summed E-state index contributed by atoms with van der Waals surface area (Å²) in [5.41, 5.74) is -2.32. The highest BCUT2D eigenvalue weighted by atomic mass is 19.4. The molecular weight excluding hydrogens is 372 g/mol. The number of hydroxylamine groups is 2. The van der Waals surface area contributed by atoms with E-state index < -0.39 is 47.6 Å². The van der Waals surface area contributed by atoms with Gasteiger partial charge in [-0.2, -0.15) is 13.2 Å². The van der Waals surface area contributed by atoms with Crippen LogP contribution < -0.4 is 5.32 Å². The summed E-state index contributed by atoms with van der Waals surface area (Å²) in [5.74, 6) is -1.73. The fourth-order valence-electron chi connectivity index (χ4n) is 2.09. The Labute approximate surface area is 154 Å². The van der Waals surface area contributed by atoms with Gasteiger partial charge in [-0.15, -0.1) is 0 Å². The Bertz CT molecular complexity index is 686. The minimum absolute atomic E-state index is 0.385. The van der Waals surface area contributed by atoms with Crippen LogP contribution in [0.5, 0.6) is 0 Å². The van der Waals surface area contributed by atoms with Crippen LogP contribution in [0.4, 0.5) is 22.4 Å². The van der Waals surface area contributed by atoms with Gasteiger partial charge in [-0.25, -0.2) is 14.2 Å². The fourth-order valence-corrected chi connectivity index (χ4v) is 2.09. The third-order valence-electron chi connectivity index (χ3n) is 3.37. The fraction of sp³-hybridized carbons (Fsp3) is 0.529. The number of alkyl halides is 3. The second-order valence-corrected chi connectivity index (χ2v) is 6.73. The van der Waals surface area contributed by atoms with E-state index in [-0.39, 0.29) is 5.56 Å². The van der Waals surface area contributed by atoms with Crippen molar-refractivity contribution in [2.24, 2.45) is 0 Å². The molecule has 1 aromatic carbocycles. The second-order valence-electron chi connectivity index (χ2n) is 6.73. The van der Waals surface area contributed by atoms with Gasteiger partial charge in [0.15, 0.2) is 0 Å². The van der Waals surface area contributed by atoms with E-state index >= 15 is 0 Å². The van der Waals surface area contributed by atoms with Crippen LogP contribution in [-0.4, -0.2) is 42.9 Å². The lowest BCUT2D eigenvalue weighted by Gasteiger charge is -2.25. The summed E-state index contributed by atoms with van der Waals surface area (Å²) in [7, 11) is 2.43. The Morgan fingerprint density at radius 1 is 1.22 bits per heavy atom. The monoisotopic (exact) mass is 394 g/mol. The lowest BCUT2D eigenvalue weighted by Crippen LogP contribution is -2.49. The quantitative estimate of drug-likeness (QED) is 0.615. The van der Waals surface area contributed by atoms with E-state index in [9.17, 15) is 27.2 Å². The zero-order valence-electron chi connectivity index (χ0n) is 15.6. The third kappa shape index (κ3) is 7.05. The number of alkyl carbamates (subject to hydrolysis) is 1. The molecule has 1 atom stereocenters. The van der Waals surface area contributed by atoms with Crippen LogP contribution in [0.15, 0.2) is 18.2 Å². The molecule has 152 valence electrons. The number of rotatable bonds is 5. The summed E-state index contributed by atoms with van der Waals surface area (Å²) in [5, 5.41) is 3.01. The van der Waals surface area contributed by atoms with Crippen LogP contribution in [0.25, 0.3) is 0 Å². The van der Waals surface area contributed by atoms with Gasteiger partial charge in [0.05, 0.1) is 12.7 Å². The Balaban J connectivity index is 3.14. The lowest BCUT2D eigenvalue weighted by atomic mass is 10.0. The van der Waals surface area contributed by atoms with Crippen molar-refractivity contribution in [3.05, 3.63) is 35.1 Å². The number of hydrogen-bond acceptors (Lipinski definition) is 4. The first-order chi connectivity index (χ1) is 12.2. The predicted octanol–water partition coefficient (Wildman–Crippen LogP) is 3.30. The van der Waals surface area contributed by atoms with Crippen molar-refractivity contribution in [2.45, 2.75) is 45.0 Å². The van der Waals surface area contributed by atoms with Gasteiger partial charge in [-0.05, 0) is 44.5 Å². The van der Waals surface area contributed by atoms with Crippen molar-refractivity contribution in [3.8, 4) is 0 Å². The SMILES string of the molecule is CON(C)C(=O)C(Cc1cc(C(F)(F)F)ccc1F)NC(=O)OC(C)(C)C. The molecule has 1 N–H and O–H groups in total. The van der Waals surface area contributed by atoms with Gasteiger partial charge in [0.1, 0.15) is 17.5 Å². The molecule has 1 aromatic rings. The number of nitrogens with zero attached hydrogens (tertiary/aromatic N) is 1. The molecule has 0 aromatic heterocycles. The minimum Gasteiger partial charge on any atom is -0.444 e. The highest BCUT2D eigenvalue weighted by Crippen LogP contribution is 2.30. The molecule has 10 heteroatoms. The molecule has 0 radical (unpaired) electrons. The van der Waals surface area contributed by atoms with E-state index in [2.05, 4.69) is 5.32 Å². The number of likely N-dealkylation sites (N-methyl/N-ethyl adjacent to an activating group) is 1. The number of ether oxygens (including phenoxy) is 1. The van der Waals surface area contributed by atoms with E-state index in [1.807, 2.05) is 0 Å². The molecule has 0 spiro atoms. The molecule has 1 unspecified atom stereocenters. The Morgan fingerprint density at radius 3 is 2.30 bits per heavy atom. The van der Waals surface area contributed by atoms with E-state index in [0.717, 1.165) is 5.06 Å². The molecule has 0 aliphatic rings. The molecule has 0 heterocycles. The molecule has 0 saturated heterocycles. The molecule has 0 aliphatic carbocycles. The number of halogens is 4. The van der Waals surface area contributed by atoms with E-state index in [1.165, 1.54) is 14.2 Å². The van der Waals surface area contributed by atoms with Gasteiger partial charge in [0.2, 0.25) is 0 Å². The molecular formula is C17H22F4N2O4. The summed E-state index contributed by atoms with van der Waals surface area (Å²) in [6, 6.07) is 0.452. The van der Waals surface area contributed by atoms with Gasteiger partial charge in [-0.3, -0.25) is 9.63 Å². The number of nitrogens with one attached hydrogen (secondary N) is 1. The molecule has 0 fully saturated rings. The first-order valence-electron chi connectivity index (χ1n) is 7.91. The Hall–Kier alpha value is -2.36. The van der Waals surface area contributed by atoms with Crippen LogP contribution in [0.1, 0.15) is 31.9 Å². The Morgan fingerprint density at radius 2 is 1.81 bits per heavy atom. The van der Waals surface area contributed by atoms with Gasteiger partial charge >= 0.3 is 12.3 Å². The topological polar surface area (TPSA) is 67.9 Å². The molecule has 0 bridgehead atoms. The van der Waals surface area contributed by atoms with Crippen molar-refractivity contribution >= 4 is 12.0 Å². The summed E-state index contributed by atoms with van der Waals surface area (Å²) in [6.07, 6.45) is -6.18. The zero-order valence-corrected chi connectivity index (χ0v) is 15.6. The lowest BCUT2D eigenvalue weighted by molar-refractivity contribution is -0.171. The number of amides is 2. The van der Waals surface area contributed by atoms with Gasteiger partial charge in [0.25, 0.3) is 5.91 Å². The normalized spacial score (nSPS) is 13.1. The maximum atomic E-state index is 14.0. The average Bonchev–Trinajstić information content (AvgIpc) is 2.51. The van der Waals surface area contributed by atoms with Gasteiger partial charge in [-0.1, -0.05) is 0 Å². The smallest absolute Gasteiger partial charge is 0.416 e. The molecule has 2 amide bonds. The standard InChI is InChI=1S/C17H22F4N2O4/c1-16(2,3)27-15(25)22-13(14(24)23(4)26-5)9-10-8-11(17(19,20)21)6-7-12(10)18/h6-8,13H,9H2,1-5H3,(H,22,25). The molecule has 0 saturated carbocycles. The number of hydrogen-bond donors (Lipinski definition) is 1. The van der Waals surface area contributed by atoms with E-state index in [1.54, 1.807) is 20.8 Å². The molecule has 1 rings (SSSR count). The summed E-state index contributed by atoms with van der Waals surface area (Å²) in [4.78, 5) is 29.1. The van der Waals surface area contributed by atoms with Crippen molar-refractivity contribution < 1.29 is 36.7 Å². The summed E-state index contributed by atoms with van der Waals surface area (Å²) >= 11 is 0. The summed E-state index contributed by atoms with van der Waals surface area (Å²) < 4.78 is 57.6. The van der Waals surface area contributed by atoms with Gasteiger partial charge < -0.3 is 10.1 Å². The van der Waals surface area contributed by atoms with Crippen LogP contribution in [0, 0.1) is 5.82 Å². The Kier molecular flexibility index (Phi) is 7.18. The molecule has 27 heavy (non-hydrogen) atoms. The summed E-state index contributed by atoms with van der Waals surface area (Å²) in [6.45, 7) is 4.78. The van der Waals surface area contributed by atoms with Crippen molar-refractivity contribution in [1.29, 1.82) is 0 Å². The van der Waals surface area contributed by atoms with Crippen LogP contribution in [-0.2, 0) is 27.0 Å². The van der Waals surface area contributed by atoms with Crippen LogP contribution >= 0.6 is 0 Å². The maximum Gasteiger partial charge on any atom is 0.416 e. The van der Waals surface area contributed by atoms with Gasteiger partial charge in [0, 0.05) is 13.5 Å². The van der Waals surface area contributed by atoms with Crippen molar-refractivity contribution in [3.63, 3.8) is 0 Å². The first kappa shape index (κ1) is 22.7. The number of benzene rings is 1. The zero-order chi connectivity index (χ0) is 21.0. The molecule has 6 nitrogen and oxygen atoms in total. The van der Waals surface area contributed by atoms with Crippen LogP contribution in [0.2, 0.25) is 0 Å². The van der Waals surface area contributed by atoms with E-state index in [4.69, 9.17) is 9.57 Å². The van der Waals surface area contributed by atoms with Crippen molar-refractivity contribution in [1.82, 2.24) is 10.4 Å². The minimum atomic E-state index is -4.68. The number of carbonyl (C=O) groups excluding carboxylic acids is 2. The largest absolute Gasteiger partial charge is 0.444 e. The van der Waals surface area contributed by atoms with Crippen LogP contribution in [0.3, 0.4) is 0 Å². The first-order valence-corrected chi connectivity index (χ1v) is 7.91.